The van der Waals surface area contributed by atoms with Crippen LogP contribution in [0.1, 0.15) is 35.4 Å². The molecular weight excluding hydrogens is 404 g/mol. The van der Waals surface area contributed by atoms with Crippen LogP contribution in [0.25, 0.3) is 33.2 Å². The van der Waals surface area contributed by atoms with Gasteiger partial charge in [-0.2, -0.15) is 0 Å². The molecule has 6 aromatic rings. The van der Waals surface area contributed by atoms with Crippen LogP contribution in [0, 0.1) is 0 Å². The van der Waals surface area contributed by atoms with Crippen LogP contribution in [0.5, 0.6) is 0 Å². The molecule has 6 rings (SSSR count). The molecule has 1 unspecified atom stereocenters. The summed E-state index contributed by atoms with van der Waals surface area (Å²) in [5.74, 6) is 1.73. The van der Waals surface area contributed by atoms with Crippen molar-refractivity contribution in [3.63, 3.8) is 0 Å². The summed E-state index contributed by atoms with van der Waals surface area (Å²) in [5, 5.41) is 5.05. The Morgan fingerprint density at radius 1 is 0.697 bits per heavy atom. The molecule has 0 aliphatic rings. The van der Waals surface area contributed by atoms with Crippen LogP contribution in [0.2, 0.25) is 0 Å². The molecule has 4 aromatic carbocycles. The summed E-state index contributed by atoms with van der Waals surface area (Å²) in [6, 6.07) is 30.0. The Labute approximate surface area is 192 Å². The number of aromatic amines is 2. The van der Waals surface area contributed by atoms with Gasteiger partial charge in [0.1, 0.15) is 0 Å². The summed E-state index contributed by atoms with van der Waals surface area (Å²) in [6.07, 6.45) is 4.63. The molecular formula is C29H24N4. The molecule has 2 heterocycles. The van der Waals surface area contributed by atoms with Gasteiger partial charge in [-0.25, -0.2) is 9.97 Å². The number of benzene rings is 4. The molecule has 4 nitrogen and oxygen atoms in total. The summed E-state index contributed by atoms with van der Waals surface area (Å²) < 4.78 is 0. The highest BCUT2D eigenvalue weighted by Crippen LogP contribution is 2.30. The molecule has 0 aliphatic heterocycles. The first-order valence-corrected chi connectivity index (χ1v) is 11.3. The van der Waals surface area contributed by atoms with Crippen molar-refractivity contribution in [3.8, 4) is 11.6 Å². The van der Waals surface area contributed by atoms with Gasteiger partial charge in [0.15, 0.2) is 11.6 Å². The fourth-order valence-corrected chi connectivity index (χ4v) is 4.61. The lowest BCUT2D eigenvalue weighted by atomic mass is 9.93. The number of hydrogen-bond acceptors (Lipinski definition) is 2. The van der Waals surface area contributed by atoms with E-state index in [-0.39, 0.29) is 5.92 Å². The van der Waals surface area contributed by atoms with Gasteiger partial charge in [0, 0.05) is 36.1 Å². The van der Waals surface area contributed by atoms with Gasteiger partial charge in [0.05, 0.1) is 0 Å². The largest absolute Gasteiger partial charge is 0.339 e. The minimum absolute atomic E-state index is 0.199. The first-order valence-electron chi connectivity index (χ1n) is 11.3. The maximum atomic E-state index is 4.63. The van der Waals surface area contributed by atoms with Crippen molar-refractivity contribution in [2.45, 2.75) is 19.3 Å². The third kappa shape index (κ3) is 3.70. The van der Waals surface area contributed by atoms with Crippen LogP contribution in [-0.4, -0.2) is 19.9 Å². The molecule has 0 saturated carbocycles. The third-order valence-corrected chi connectivity index (χ3v) is 6.41. The van der Waals surface area contributed by atoms with E-state index in [2.05, 4.69) is 112 Å². The monoisotopic (exact) mass is 428 g/mol. The summed E-state index contributed by atoms with van der Waals surface area (Å²) in [6.45, 7) is 2.21. The van der Waals surface area contributed by atoms with Crippen molar-refractivity contribution in [2.24, 2.45) is 0 Å². The lowest BCUT2D eigenvalue weighted by Gasteiger charge is -2.13. The topological polar surface area (TPSA) is 57.4 Å². The Bertz CT molecular complexity index is 1570. The molecule has 0 radical (unpaired) electrons. The van der Waals surface area contributed by atoms with E-state index in [9.17, 15) is 0 Å². The first kappa shape index (κ1) is 19.5. The Hall–Kier alpha value is -4.18. The summed E-state index contributed by atoms with van der Waals surface area (Å²) in [4.78, 5) is 16.1. The van der Waals surface area contributed by atoms with Crippen LogP contribution in [0.15, 0.2) is 97.3 Å². The van der Waals surface area contributed by atoms with E-state index >= 15 is 0 Å². The Morgan fingerprint density at radius 2 is 1.42 bits per heavy atom. The van der Waals surface area contributed by atoms with Crippen molar-refractivity contribution in [1.29, 1.82) is 0 Å². The second-order valence-electron chi connectivity index (χ2n) is 8.59. The highest BCUT2D eigenvalue weighted by Gasteiger charge is 2.16. The summed E-state index contributed by atoms with van der Waals surface area (Å²) in [5.41, 5.74) is 4.70. The van der Waals surface area contributed by atoms with Gasteiger partial charge >= 0.3 is 0 Å². The van der Waals surface area contributed by atoms with E-state index in [1.807, 2.05) is 12.4 Å². The molecule has 33 heavy (non-hydrogen) atoms. The fraction of sp³-hybridized carbons (Fsp3) is 0.103. The second kappa shape index (κ2) is 8.06. The molecule has 2 aromatic heterocycles. The third-order valence-electron chi connectivity index (χ3n) is 6.41. The average Bonchev–Trinajstić information content (AvgIpc) is 3.53. The second-order valence-corrected chi connectivity index (χ2v) is 8.59. The number of nitrogens with one attached hydrogen (secondary N) is 2. The molecule has 4 heteroatoms. The Morgan fingerprint density at radius 3 is 2.33 bits per heavy atom. The van der Waals surface area contributed by atoms with Crippen molar-refractivity contribution >= 4 is 21.5 Å². The maximum absolute atomic E-state index is 4.63. The summed E-state index contributed by atoms with van der Waals surface area (Å²) >= 11 is 0. The zero-order valence-corrected chi connectivity index (χ0v) is 18.4. The quantitative estimate of drug-likeness (QED) is 0.315. The van der Waals surface area contributed by atoms with Crippen LogP contribution in [-0.2, 0) is 6.42 Å². The van der Waals surface area contributed by atoms with Crippen molar-refractivity contribution in [2.75, 3.05) is 0 Å². The van der Waals surface area contributed by atoms with E-state index < -0.39 is 0 Å². The fourth-order valence-electron chi connectivity index (χ4n) is 4.61. The van der Waals surface area contributed by atoms with Crippen molar-refractivity contribution in [3.05, 3.63) is 120 Å². The highest BCUT2D eigenvalue weighted by atomic mass is 15.0. The van der Waals surface area contributed by atoms with Gasteiger partial charge in [-0.1, -0.05) is 91.9 Å². The van der Waals surface area contributed by atoms with Crippen molar-refractivity contribution in [1.82, 2.24) is 19.9 Å². The predicted molar refractivity (Wildman–Crippen MR) is 134 cm³/mol. The molecule has 0 spiro atoms. The van der Waals surface area contributed by atoms with E-state index in [4.69, 9.17) is 0 Å². The molecule has 2 N–H and O–H groups in total. The number of nitrogens with zero attached hydrogens (tertiary/aromatic N) is 2. The lowest BCUT2D eigenvalue weighted by Crippen LogP contribution is -1.98. The molecule has 1 atom stereocenters. The predicted octanol–water partition coefficient (Wildman–Crippen LogP) is 6.85. The number of rotatable bonds is 5. The molecule has 160 valence electrons. The van der Waals surface area contributed by atoms with Crippen molar-refractivity contribution < 1.29 is 0 Å². The van der Waals surface area contributed by atoms with Crippen LogP contribution < -0.4 is 0 Å². The van der Waals surface area contributed by atoms with Gasteiger partial charge in [-0.3, -0.25) is 0 Å². The molecule has 0 bridgehead atoms. The number of imidazole rings is 2. The van der Waals surface area contributed by atoms with E-state index in [1.165, 1.54) is 32.7 Å². The minimum Gasteiger partial charge on any atom is -0.339 e. The lowest BCUT2D eigenvalue weighted by molar-refractivity contribution is 0.892. The molecule has 0 amide bonds. The van der Waals surface area contributed by atoms with Gasteiger partial charge in [-0.05, 0) is 32.7 Å². The Balaban J connectivity index is 1.25. The maximum Gasteiger partial charge on any atom is 0.173 e. The highest BCUT2D eigenvalue weighted by molar-refractivity contribution is 5.86. The smallest absolute Gasteiger partial charge is 0.173 e. The number of H-pyrrole nitrogens is 2. The summed E-state index contributed by atoms with van der Waals surface area (Å²) in [7, 11) is 0. The Kier molecular flexibility index (Phi) is 4.76. The standard InChI is InChI=1S/C29H24N4/c1-19(25-12-6-10-22-8-4-5-11-26(22)25)27-18-31-29(33-27)28-30-17-24(32-28)16-20-13-14-21-7-2-3-9-23(21)15-20/h2-15,17-19H,16H2,1H3,(H,30,32)(H,31,33). The number of fused-ring (bicyclic) bond motifs is 2. The van der Waals surface area contributed by atoms with E-state index in [0.717, 1.165) is 29.5 Å². The average molecular weight is 429 g/mol. The van der Waals surface area contributed by atoms with Gasteiger partial charge in [-0.15, -0.1) is 0 Å². The van der Waals surface area contributed by atoms with Crippen LogP contribution in [0.4, 0.5) is 0 Å². The van der Waals surface area contributed by atoms with E-state index in [1.54, 1.807) is 0 Å². The van der Waals surface area contributed by atoms with Crippen LogP contribution in [0.3, 0.4) is 0 Å². The molecule has 0 fully saturated rings. The minimum atomic E-state index is 0.199. The number of aromatic nitrogens is 4. The van der Waals surface area contributed by atoms with Crippen LogP contribution >= 0.6 is 0 Å². The zero-order valence-electron chi connectivity index (χ0n) is 18.4. The molecule has 0 aliphatic carbocycles. The molecule has 0 saturated heterocycles. The number of hydrogen-bond donors (Lipinski definition) is 2. The van der Waals surface area contributed by atoms with Gasteiger partial charge in [0.2, 0.25) is 0 Å². The van der Waals surface area contributed by atoms with Gasteiger partial charge < -0.3 is 9.97 Å². The van der Waals surface area contributed by atoms with Gasteiger partial charge in [0.25, 0.3) is 0 Å². The normalized spacial score (nSPS) is 12.4. The SMILES string of the molecule is CC(c1cnc(-c2ncc(Cc3ccc4ccccc4c3)[nH]2)[nH]1)c1cccc2ccccc12. The zero-order chi connectivity index (χ0) is 22.2. The first-order chi connectivity index (χ1) is 16.2. The van der Waals surface area contributed by atoms with E-state index in [0.29, 0.717) is 0 Å².